The zero-order valence-corrected chi connectivity index (χ0v) is 18.5. The Morgan fingerprint density at radius 3 is 2.52 bits per heavy atom. The van der Waals surface area contributed by atoms with Gasteiger partial charge in [-0.3, -0.25) is 9.52 Å². The molecular weight excluding hydrogens is 460 g/mol. The van der Waals surface area contributed by atoms with Gasteiger partial charge in [0.05, 0.1) is 19.9 Å². The van der Waals surface area contributed by atoms with Gasteiger partial charge in [-0.05, 0) is 65.0 Å². The van der Waals surface area contributed by atoms with E-state index in [4.69, 9.17) is 9.47 Å². The summed E-state index contributed by atoms with van der Waals surface area (Å²) in [6.45, 7) is 0.587. The fourth-order valence-electron chi connectivity index (χ4n) is 3.48. The first-order chi connectivity index (χ1) is 13.8. The first kappa shape index (κ1) is 20.0. The van der Waals surface area contributed by atoms with Crippen molar-refractivity contribution in [2.45, 2.75) is 24.2 Å². The number of anilines is 2. The van der Waals surface area contributed by atoms with Crippen LogP contribution in [0.25, 0.3) is 0 Å². The Bertz CT molecular complexity index is 1080. The standard InChI is InChI=1S/C20H21BrN2O5S/c1-27-17-6-5-14(10-18(17)28-2)22-29(25,26)19-11-16-13(9-15(19)21)7-8-23(16)20(24)12-3-4-12/h5-6,9-12,22H,3-4,7-8H2,1-2H3. The average Bonchev–Trinajstić information content (AvgIpc) is 3.46. The van der Waals surface area contributed by atoms with Crippen LogP contribution in [-0.2, 0) is 21.2 Å². The lowest BCUT2D eigenvalue weighted by Crippen LogP contribution is -2.30. The van der Waals surface area contributed by atoms with Gasteiger partial charge in [0.1, 0.15) is 4.90 Å². The van der Waals surface area contributed by atoms with Crippen LogP contribution in [0.3, 0.4) is 0 Å². The van der Waals surface area contributed by atoms with Crippen LogP contribution < -0.4 is 19.1 Å². The van der Waals surface area contributed by atoms with Crippen molar-refractivity contribution in [1.29, 1.82) is 0 Å². The van der Waals surface area contributed by atoms with E-state index >= 15 is 0 Å². The molecule has 0 atom stereocenters. The Labute approximate surface area is 178 Å². The van der Waals surface area contributed by atoms with Gasteiger partial charge in [0.25, 0.3) is 10.0 Å². The lowest BCUT2D eigenvalue weighted by atomic mass is 10.2. The minimum absolute atomic E-state index is 0.0783. The number of hydrogen-bond acceptors (Lipinski definition) is 5. The molecule has 0 aromatic heterocycles. The summed E-state index contributed by atoms with van der Waals surface area (Å²) in [7, 11) is -0.898. The zero-order valence-electron chi connectivity index (χ0n) is 16.1. The molecule has 154 valence electrons. The minimum atomic E-state index is -3.90. The first-order valence-electron chi connectivity index (χ1n) is 9.22. The molecule has 1 fully saturated rings. The van der Waals surface area contributed by atoms with Crippen molar-refractivity contribution < 1.29 is 22.7 Å². The van der Waals surface area contributed by atoms with Crippen molar-refractivity contribution in [2.75, 3.05) is 30.4 Å². The van der Waals surface area contributed by atoms with E-state index in [0.29, 0.717) is 33.9 Å². The van der Waals surface area contributed by atoms with Crippen LogP contribution >= 0.6 is 15.9 Å². The summed E-state index contributed by atoms with van der Waals surface area (Å²) < 4.78 is 39.6. The Kier molecular flexibility index (Phi) is 5.20. The summed E-state index contributed by atoms with van der Waals surface area (Å²) >= 11 is 3.38. The molecule has 1 heterocycles. The van der Waals surface area contributed by atoms with E-state index in [9.17, 15) is 13.2 Å². The third-order valence-corrected chi connectivity index (χ3v) is 7.49. The highest BCUT2D eigenvalue weighted by Crippen LogP contribution is 2.40. The van der Waals surface area contributed by atoms with E-state index in [2.05, 4.69) is 20.7 Å². The number of rotatable bonds is 6. The van der Waals surface area contributed by atoms with Crippen LogP contribution in [0.15, 0.2) is 39.7 Å². The van der Waals surface area contributed by atoms with Gasteiger partial charge in [-0.25, -0.2) is 8.42 Å². The van der Waals surface area contributed by atoms with Crippen LogP contribution in [0, 0.1) is 5.92 Å². The van der Waals surface area contributed by atoms with Gasteiger partial charge in [-0.1, -0.05) is 0 Å². The van der Waals surface area contributed by atoms with Gasteiger partial charge < -0.3 is 14.4 Å². The molecule has 1 saturated carbocycles. The maximum absolute atomic E-state index is 13.1. The van der Waals surface area contributed by atoms with Gasteiger partial charge in [0, 0.05) is 28.7 Å². The number of methoxy groups -OCH3 is 2. The molecule has 2 aromatic rings. The average molecular weight is 481 g/mol. The Hall–Kier alpha value is -2.26. The molecular formula is C20H21BrN2O5S. The van der Waals surface area contributed by atoms with E-state index < -0.39 is 10.0 Å². The van der Waals surface area contributed by atoms with Gasteiger partial charge in [0.15, 0.2) is 11.5 Å². The first-order valence-corrected chi connectivity index (χ1v) is 11.5. The summed E-state index contributed by atoms with van der Waals surface area (Å²) in [5.41, 5.74) is 2.00. The second-order valence-corrected chi connectivity index (χ2v) is 9.61. The number of halogens is 1. The molecule has 1 amide bonds. The zero-order chi connectivity index (χ0) is 20.8. The topological polar surface area (TPSA) is 84.9 Å². The smallest absolute Gasteiger partial charge is 0.263 e. The Morgan fingerprint density at radius 2 is 1.86 bits per heavy atom. The Morgan fingerprint density at radius 1 is 1.14 bits per heavy atom. The number of fused-ring (bicyclic) bond motifs is 1. The number of nitrogens with zero attached hydrogens (tertiary/aromatic N) is 1. The molecule has 0 spiro atoms. The maximum atomic E-state index is 13.1. The molecule has 4 rings (SSSR count). The minimum Gasteiger partial charge on any atom is -0.493 e. The molecule has 7 nitrogen and oxygen atoms in total. The molecule has 0 unspecified atom stereocenters. The molecule has 29 heavy (non-hydrogen) atoms. The molecule has 1 aliphatic heterocycles. The lowest BCUT2D eigenvalue weighted by molar-refractivity contribution is -0.119. The highest BCUT2D eigenvalue weighted by atomic mass is 79.9. The quantitative estimate of drug-likeness (QED) is 0.682. The van der Waals surface area contributed by atoms with Crippen LogP contribution in [0.1, 0.15) is 18.4 Å². The second kappa shape index (κ2) is 7.53. The summed E-state index contributed by atoms with van der Waals surface area (Å²) in [6, 6.07) is 8.16. The number of carbonyl (C=O) groups is 1. The fourth-order valence-corrected chi connectivity index (χ4v) is 5.64. The number of carbonyl (C=O) groups excluding carboxylic acids is 1. The number of sulfonamides is 1. The van der Waals surface area contributed by atoms with Crippen molar-refractivity contribution in [3.8, 4) is 11.5 Å². The summed E-state index contributed by atoms with van der Waals surface area (Å²) in [5, 5.41) is 0. The number of nitrogens with one attached hydrogen (secondary N) is 1. The highest BCUT2D eigenvalue weighted by Gasteiger charge is 2.37. The number of amides is 1. The molecule has 2 aliphatic rings. The van der Waals surface area contributed by atoms with Gasteiger partial charge in [-0.15, -0.1) is 0 Å². The van der Waals surface area contributed by atoms with Crippen molar-refractivity contribution in [3.63, 3.8) is 0 Å². The monoisotopic (exact) mass is 480 g/mol. The van der Waals surface area contributed by atoms with E-state index in [1.165, 1.54) is 14.2 Å². The van der Waals surface area contributed by atoms with Crippen LogP contribution in [-0.4, -0.2) is 35.1 Å². The van der Waals surface area contributed by atoms with E-state index in [1.54, 1.807) is 35.2 Å². The second-order valence-electron chi connectivity index (χ2n) is 7.10. The Balaban J connectivity index is 1.67. The number of hydrogen-bond donors (Lipinski definition) is 1. The van der Waals surface area contributed by atoms with Gasteiger partial charge in [0.2, 0.25) is 5.91 Å². The maximum Gasteiger partial charge on any atom is 0.263 e. The molecule has 2 aromatic carbocycles. The van der Waals surface area contributed by atoms with E-state index in [-0.39, 0.29) is 16.7 Å². The molecule has 1 aliphatic carbocycles. The normalized spacial score (nSPS) is 15.8. The largest absolute Gasteiger partial charge is 0.493 e. The molecule has 0 saturated heterocycles. The van der Waals surface area contributed by atoms with Crippen molar-refractivity contribution >= 4 is 43.2 Å². The highest BCUT2D eigenvalue weighted by molar-refractivity contribution is 9.10. The number of ether oxygens (including phenoxy) is 2. The van der Waals surface area contributed by atoms with E-state index in [0.717, 1.165) is 24.8 Å². The fraction of sp³-hybridized carbons (Fsp3) is 0.350. The van der Waals surface area contributed by atoms with Crippen LogP contribution in [0.5, 0.6) is 11.5 Å². The summed E-state index contributed by atoms with van der Waals surface area (Å²) in [4.78, 5) is 14.4. The number of benzene rings is 2. The predicted octanol–water partition coefficient (Wildman–Crippen LogP) is 3.57. The lowest BCUT2D eigenvalue weighted by Gasteiger charge is -2.19. The third kappa shape index (κ3) is 3.81. The van der Waals surface area contributed by atoms with Gasteiger partial charge >= 0.3 is 0 Å². The third-order valence-electron chi connectivity index (χ3n) is 5.15. The summed E-state index contributed by atoms with van der Waals surface area (Å²) in [6.07, 6.45) is 2.54. The van der Waals surface area contributed by atoms with Crippen molar-refractivity contribution in [1.82, 2.24) is 0 Å². The molecule has 0 bridgehead atoms. The van der Waals surface area contributed by atoms with Crippen molar-refractivity contribution in [3.05, 3.63) is 40.4 Å². The molecule has 0 radical (unpaired) electrons. The van der Waals surface area contributed by atoms with Crippen molar-refractivity contribution in [2.24, 2.45) is 5.92 Å². The van der Waals surface area contributed by atoms with Crippen LogP contribution in [0.4, 0.5) is 11.4 Å². The van der Waals surface area contributed by atoms with E-state index in [1.807, 2.05) is 0 Å². The van der Waals surface area contributed by atoms with Gasteiger partial charge in [-0.2, -0.15) is 0 Å². The predicted molar refractivity (Wildman–Crippen MR) is 113 cm³/mol. The molecule has 1 N–H and O–H groups in total. The molecule has 9 heteroatoms. The van der Waals surface area contributed by atoms with Crippen LogP contribution in [0.2, 0.25) is 0 Å². The SMILES string of the molecule is COc1ccc(NS(=O)(=O)c2cc3c(cc2Br)CCN3C(=O)C2CC2)cc1OC. The summed E-state index contributed by atoms with van der Waals surface area (Å²) in [5.74, 6) is 1.09.